The van der Waals surface area contributed by atoms with Gasteiger partial charge in [0.1, 0.15) is 17.6 Å². The number of ether oxygens (including phenoxy) is 2. The number of carbonyl (C=O) groups excluding carboxylic acids is 1. The number of fused-ring (bicyclic) bond motifs is 1. The minimum absolute atomic E-state index is 0.125. The summed E-state index contributed by atoms with van der Waals surface area (Å²) in [6.45, 7) is 2.64. The highest BCUT2D eigenvalue weighted by molar-refractivity contribution is 5.88. The van der Waals surface area contributed by atoms with E-state index < -0.39 is 0 Å². The largest absolute Gasteiger partial charge is 0.485 e. The summed E-state index contributed by atoms with van der Waals surface area (Å²) in [5, 5.41) is 2.24. The highest BCUT2D eigenvalue weighted by Crippen LogP contribution is 2.30. The van der Waals surface area contributed by atoms with Crippen LogP contribution in [-0.2, 0) is 0 Å². The number of carbonyl (C=O) groups is 1. The zero-order valence-electron chi connectivity index (χ0n) is 21.7. The van der Waals surface area contributed by atoms with E-state index in [0.717, 1.165) is 34.9 Å². The van der Waals surface area contributed by atoms with Crippen LogP contribution < -0.4 is 9.47 Å². The minimum Gasteiger partial charge on any atom is -0.485 e. The fraction of sp³-hybridized carbons (Fsp3) is 0.323. The smallest absolute Gasteiger partial charge is 0.414 e. The van der Waals surface area contributed by atoms with E-state index in [4.69, 9.17) is 9.47 Å². The lowest BCUT2D eigenvalue weighted by molar-refractivity contribution is 0.152. The molecule has 0 aromatic heterocycles. The van der Waals surface area contributed by atoms with Crippen molar-refractivity contribution in [3.05, 3.63) is 96.1 Å². The second-order valence-corrected chi connectivity index (χ2v) is 9.58. The zero-order valence-corrected chi connectivity index (χ0v) is 21.7. The summed E-state index contributed by atoms with van der Waals surface area (Å²) >= 11 is 0. The van der Waals surface area contributed by atoms with Crippen LogP contribution in [0.4, 0.5) is 4.79 Å². The second kappa shape index (κ2) is 11.9. The lowest BCUT2D eigenvalue weighted by Gasteiger charge is -2.26. The van der Waals surface area contributed by atoms with Crippen molar-refractivity contribution in [1.82, 2.24) is 9.80 Å². The van der Waals surface area contributed by atoms with Gasteiger partial charge >= 0.3 is 6.09 Å². The fourth-order valence-corrected chi connectivity index (χ4v) is 4.38. The maximum atomic E-state index is 12.9. The molecular weight excluding hydrogens is 448 g/mol. The molecule has 5 nitrogen and oxygen atoms in total. The number of nitrogens with zero attached hydrogens (tertiary/aromatic N) is 2. The lowest BCUT2D eigenvalue weighted by Crippen LogP contribution is -2.34. The van der Waals surface area contributed by atoms with Crippen molar-refractivity contribution in [2.45, 2.75) is 38.3 Å². The summed E-state index contributed by atoms with van der Waals surface area (Å²) in [6.07, 6.45) is 8.55. The molecule has 0 saturated carbocycles. The number of rotatable bonds is 9. The van der Waals surface area contributed by atoms with Crippen molar-refractivity contribution in [2.75, 3.05) is 27.7 Å². The van der Waals surface area contributed by atoms with Crippen LogP contribution >= 0.6 is 0 Å². The molecular formula is C31H36N2O3. The highest BCUT2D eigenvalue weighted by atomic mass is 16.6. The van der Waals surface area contributed by atoms with E-state index in [2.05, 4.69) is 48.3 Å². The predicted molar refractivity (Wildman–Crippen MR) is 147 cm³/mol. The number of hydrogen-bond acceptors (Lipinski definition) is 4. The molecule has 4 rings (SSSR count). The molecule has 0 N–H and O–H groups in total. The van der Waals surface area contributed by atoms with Crippen LogP contribution in [0.1, 0.15) is 37.8 Å². The standard InChI is InChI=1S/C31H36N2O3/c1-23(32(2)3)26-16-10-17-27(22-26)35-31(34)33(4)21-20-29(25-13-6-5-7-14-25)36-30-19-11-15-24-12-8-9-18-28(24)30/h5-6,8-13,15-19,22-23,29H,7,14,20-21H2,1-4H3. The first-order valence-electron chi connectivity index (χ1n) is 12.6. The van der Waals surface area contributed by atoms with E-state index in [-0.39, 0.29) is 18.2 Å². The predicted octanol–water partition coefficient (Wildman–Crippen LogP) is 7.01. The normalized spacial score (nSPS) is 14.9. The number of amides is 1. The summed E-state index contributed by atoms with van der Waals surface area (Å²) in [7, 11) is 5.84. The molecule has 0 spiro atoms. The zero-order chi connectivity index (χ0) is 25.5. The Hall–Kier alpha value is -3.57. The maximum absolute atomic E-state index is 12.9. The van der Waals surface area contributed by atoms with Crippen LogP contribution in [0.3, 0.4) is 0 Å². The van der Waals surface area contributed by atoms with Gasteiger partial charge in [0.2, 0.25) is 0 Å². The van der Waals surface area contributed by atoms with Crippen LogP contribution in [-0.4, -0.2) is 49.7 Å². The van der Waals surface area contributed by atoms with E-state index in [1.165, 1.54) is 5.57 Å². The van der Waals surface area contributed by atoms with Gasteiger partial charge in [-0.3, -0.25) is 0 Å². The monoisotopic (exact) mass is 484 g/mol. The summed E-state index contributed by atoms with van der Waals surface area (Å²) < 4.78 is 12.3. The van der Waals surface area contributed by atoms with Gasteiger partial charge in [-0.15, -0.1) is 0 Å². The van der Waals surface area contributed by atoms with E-state index >= 15 is 0 Å². The Kier molecular flexibility index (Phi) is 8.44. The molecule has 0 saturated heterocycles. The number of hydrogen-bond donors (Lipinski definition) is 0. The maximum Gasteiger partial charge on any atom is 0.414 e. The van der Waals surface area contributed by atoms with Crippen LogP contribution in [0.2, 0.25) is 0 Å². The number of allylic oxidation sites excluding steroid dienone is 3. The molecule has 2 unspecified atom stereocenters. The Morgan fingerprint density at radius 3 is 2.56 bits per heavy atom. The highest BCUT2D eigenvalue weighted by Gasteiger charge is 2.21. The topological polar surface area (TPSA) is 42.0 Å². The molecule has 2 atom stereocenters. The quantitative estimate of drug-likeness (QED) is 0.328. The SMILES string of the molecule is CC(c1cccc(OC(=O)N(C)CCC(Oc2cccc3ccccc23)C2=CC=CCC2)c1)N(C)C. The molecule has 3 aromatic carbocycles. The van der Waals surface area contributed by atoms with Crippen LogP contribution in [0.25, 0.3) is 10.8 Å². The van der Waals surface area contributed by atoms with Crippen LogP contribution in [0.5, 0.6) is 11.5 Å². The molecule has 5 heteroatoms. The van der Waals surface area contributed by atoms with E-state index in [1.54, 1.807) is 11.9 Å². The fourth-order valence-electron chi connectivity index (χ4n) is 4.38. The minimum atomic E-state index is -0.369. The van der Waals surface area contributed by atoms with Gasteiger partial charge in [0.05, 0.1) is 0 Å². The summed E-state index contributed by atoms with van der Waals surface area (Å²) in [6, 6.07) is 22.4. The van der Waals surface area contributed by atoms with E-state index in [9.17, 15) is 4.79 Å². The second-order valence-electron chi connectivity index (χ2n) is 9.58. The number of benzene rings is 3. The van der Waals surface area contributed by atoms with Crippen molar-refractivity contribution >= 4 is 16.9 Å². The van der Waals surface area contributed by atoms with Crippen molar-refractivity contribution in [2.24, 2.45) is 0 Å². The molecule has 36 heavy (non-hydrogen) atoms. The Bertz CT molecular complexity index is 1240. The van der Waals surface area contributed by atoms with Gasteiger partial charge in [-0.05, 0) is 68.6 Å². The van der Waals surface area contributed by atoms with Crippen LogP contribution in [0.15, 0.2) is 90.5 Å². The van der Waals surface area contributed by atoms with Crippen molar-refractivity contribution in [3.63, 3.8) is 0 Å². The Morgan fingerprint density at radius 1 is 1.00 bits per heavy atom. The average Bonchev–Trinajstić information content (AvgIpc) is 2.91. The van der Waals surface area contributed by atoms with Crippen molar-refractivity contribution < 1.29 is 14.3 Å². The summed E-state index contributed by atoms with van der Waals surface area (Å²) in [5.74, 6) is 1.42. The van der Waals surface area contributed by atoms with Gasteiger partial charge in [-0.2, -0.15) is 0 Å². The molecule has 3 aromatic rings. The Labute approximate surface area is 214 Å². The van der Waals surface area contributed by atoms with E-state index in [1.807, 2.05) is 62.6 Å². The molecule has 0 aliphatic heterocycles. The molecule has 0 heterocycles. The molecule has 1 aliphatic carbocycles. The first-order chi connectivity index (χ1) is 17.4. The van der Waals surface area contributed by atoms with Gasteiger partial charge in [0.25, 0.3) is 0 Å². The molecule has 0 bridgehead atoms. The van der Waals surface area contributed by atoms with Gasteiger partial charge in [0, 0.05) is 31.4 Å². The molecule has 188 valence electrons. The van der Waals surface area contributed by atoms with Gasteiger partial charge in [0.15, 0.2) is 0 Å². The Balaban J connectivity index is 1.44. The first-order valence-corrected chi connectivity index (χ1v) is 12.6. The van der Waals surface area contributed by atoms with Crippen molar-refractivity contribution in [1.29, 1.82) is 0 Å². The molecule has 0 fully saturated rings. The van der Waals surface area contributed by atoms with Gasteiger partial charge in [-0.25, -0.2) is 4.79 Å². The third-order valence-corrected chi connectivity index (χ3v) is 6.84. The summed E-state index contributed by atoms with van der Waals surface area (Å²) in [4.78, 5) is 16.6. The van der Waals surface area contributed by atoms with Crippen LogP contribution in [0, 0.1) is 0 Å². The average molecular weight is 485 g/mol. The molecule has 1 amide bonds. The Morgan fingerprint density at radius 2 is 1.78 bits per heavy atom. The molecule has 0 radical (unpaired) electrons. The van der Waals surface area contributed by atoms with Gasteiger partial charge in [-0.1, -0.05) is 66.8 Å². The van der Waals surface area contributed by atoms with Crippen molar-refractivity contribution in [3.8, 4) is 11.5 Å². The van der Waals surface area contributed by atoms with E-state index in [0.29, 0.717) is 18.7 Å². The molecule has 1 aliphatic rings. The third kappa shape index (κ3) is 6.35. The first kappa shape index (κ1) is 25.5. The third-order valence-electron chi connectivity index (χ3n) is 6.84. The van der Waals surface area contributed by atoms with Gasteiger partial charge < -0.3 is 19.3 Å². The summed E-state index contributed by atoms with van der Waals surface area (Å²) in [5.41, 5.74) is 2.35. The lowest BCUT2D eigenvalue weighted by atomic mass is 9.97.